The second kappa shape index (κ2) is 7.53. The Labute approximate surface area is 140 Å². The molecule has 1 amide bonds. The van der Waals surface area contributed by atoms with Crippen molar-refractivity contribution >= 4 is 6.09 Å². The van der Waals surface area contributed by atoms with Crippen LogP contribution in [-0.4, -0.2) is 53.8 Å². The highest BCUT2D eigenvalue weighted by molar-refractivity contribution is 5.68. The number of rotatable bonds is 4. The molecule has 0 saturated carbocycles. The Morgan fingerprint density at radius 2 is 1.96 bits per heavy atom. The number of hydrogen-bond donors (Lipinski definition) is 2. The van der Waals surface area contributed by atoms with Crippen molar-refractivity contribution in [3.63, 3.8) is 0 Å². The summed E-state index contributed by atoms with van der Waals surface area (Å²) < 4.78 is 5.44. The minimum Gasteiger partial charge on any atom is -0.444 e. The van der Waals surface area contributed by atoms with E-state index in [4.69, 9.17) is 4.74 Å². The van der Waals surface area contributed by atoms with Gasteiger partial charge in [-0.05, 0) is 45.6 Å². The standard InChI is InChI=1S/C17H32N4O2/c1-13(2)6-7-14-12-15(19-18-14)20-8-10-21(11-9-20)16(22)23-17(3,4)5/h12-13,15,18-19H,6-11H2,1-5H3. The number of piperazine rings is 1. The van der Waals surface area contributed by atoms with Crippen LogP contribution in [0.3, 0.4) is 0 Å². The molecule has 2 N–H and O–H groups in total. The molecule has 0 radical (unpaired) electrons. The first-order valence-electron chi connectivity index (χ1n) is 8.69. The van der Waals surface area contributed by atoms with Gasteiger partial charge in [0.15, 0.2) is 0 Å². The lowest BCUT2D eigenvalue weighted by atomic mass is 10.1. The Morgan fingerprint density at radius 3 is 2.52 bits per heavy atom. The monoisotopic (exact) mass is 324 g/mol. The first-order valence-corrected chi connectivity index (χ1v) is 8.69. The summed E-state index contributed by atoms with van der Waals surface area (Å²) in [5, 5.41) is 0. The molecule has 0 aromatic heterocycles. The fourth-order valence-electron chi connectivity index (χ4n) is 2.74. The van der Waals surface area contributed by atoms with Crippen LogP contribution in [0.1, 0.15) is 47.5 Å². The highest BCUT2D eigenvalue weighted by atomic mass is 16.6. The van der Waals surface area contributed by atoms with E-state index in [0.29, 0.717) is 19.0 Å². The second-order valence-corrected chi connectivity index (χ2v) is 7.84. The molecule has 2 heterocycles. The van der Waals surface area contributed by atoms with Gasteiger partial charge in [0, 0.05) is 31.9 Å². The Hall–Kier alpha value is -1.27. The first-order chi connectivity index (χ1) is 10.7. The summed E-state index contributed by atoms with van der Waals surface area (Å²) in [5.74, 6) is 0.717. The molecule has 23 heavy (non-hydrogen) atoms. The number of allylic oxidation sites excluding steroid dienone is 1. The summed E-state index contributed by atoms with van der Waals surface area (Å²) in [6.07, 6.45) is 4.56. The van der Waals surface area contributed by atoms with Crippen LogP contribution in [0.2, 0.25) is 0 Å². The van der Waals surface area contributed by atoms with Crippen LogP contribution in [0.15, 0.2) is 11.8 Å². The summed E-state index contributed by atoms with van der Waals surface area (Å²) in [5.41, 5.74) is 7.46. The number of hydrazine groups is 1. The van der Waals surface area contributed by atoms with Gasteiger partial charge in [0.2, 0.25) is 0 Å². The quantitative estimate of drug-likeness (QED) is 0.831. The summed E-state index contributed by atoms with van der Waals surface area (Å²) in [6.45, 7) is 13.3. The van der Waals surface area contributed by atoms with E-state index in [2.05, 4.69) is 35.7 Å². The third-order valence-electron chi connectivity index (χ3n) is 4.09. The van der Waals surface area contributed by atoms with Gasteiger partial charge in [-0.25, -0.2) is 10.2 Å². The van der Waals surface area contributed by atoms with Gasteiger partial charge in [-0.3, -0.25) is 4.90 Å². The Bertz CT molecular complexity index is 434. The lowest BCUT2D eigenvalue weighted by molar-refractivity contribution is 0.0110. The van der Waals surface area contributed by atoms with Crippen LogP contribution in [0.4, 0.5) is 4.79 Å². The van der Waals surface area contributed by atoms with Gasteiger partial charge >= 0.3 is 6.09 Å². The first kappa shape index (κ1) is 18.1. The average Bonchev–Trinajstić information content (AvgIpc) is 2.92. The zero-order valence-electron chi connectivity index (χ0n) is 15.2. The topological polar surface area (TPSA) is 56.8 Å². The number of hydrogen-bond acceptors (Lipinski definition) is 5. The van der Waals surface area contributed by atoms with E-state index in [1.165, 1.54) is 12.1 Å². The third-order valence-corrected chi connectivity index (χ3v) is 4.09. The predicted octanol–water partition coefficient (Wildman–Crippen LogP) is 2.29. The van der Waals surface area contributed by atoms with E-state index in [-0.39, 0.29) is 12.3 Å². The molecular weight excluding hydrogens is 292 g/mol. The highest BCUT2D eigenvalue weighted by Gasteiger charge is 2.29. The van der Waals surface area contributed by atoms with Crippen molar-refractivity contribution < 1.29 is 9.53 Å². The smallest absolute Gasteiger partial charge is 0.410 e. The van der Waals surface area contributed by atoms with Crippen LogP contribution in [0, 0.1) is 5.92 Å². The second-order valence-electron chi connectivity index (χ2n) is 7.84. The molecule has 1 fully saturated rings. The van der Waals surface area contributed by atoms with Crippen molar-refractivity contribution in [3.05, 3.63) is 11.8 Å². The molecule has 6 heteroatoms. The Kier molecular flexibility index (Phi) is 5.92. The van der Waals surface area contributed by atoms with Crippen LogP contribution < -0.4 is 10.9 Å². The SMILES string of the molecule is CC(C)CCC1=CC(N2CCN(C(=O)OC(C)(C)C)CC2)NN1. The van der Waals surface area contributed by atoms with Gasteiger partial charge < -0.3 is 15.1 Å². The van der Waals surface area contributed by atoms with Crippen LogP contribution >= 0.6 is 0 Å². The molecule has 0 spiro atoms. The summed E-state index contributed by atoms with van der Waals surface area (Å²) in [6, 6.07) is 0. The number of carbonyl (C=O) groups excluding carboxylic acids is 1. The van der Waals surface area contributed by atoms with Crippen LogP contribution in [-0.2, 0) is 4.74 Å². The maximum Gasteiger partial charge on any atom is 0.410 e. The molecule has 1 atom stereocenters. The molecule has 2 aliphatic heterocycles. The van der Waals surface area contributed by atoms with Gasteiger partial charge in [0.25, 0.3) is 0 Å². The zero-order chi connectivity index (χ0) is 17.0. The number of amides is 1. The largest absolute Gasteiger partial charge is 0.444 e. The van der Waals surface area contributed by atoms with Gasteiger partial charge in [-0.2, -0.15) is 0 Å². The molecule has 6 nitrogen and oxygen atoms in total. The molecule has 0 bridgehead atoms. The van der Waals surface area contributed by atoms with E-state index in [1.807, 2.05) is 20.8 Å². The average molecular weight is 324 g/mol. The van der Waals surface area contributed by atoms with Gasteiger partial charge in [0.1, 0.15) is 5.60 Å². The number of carbonyl (C=O) groups is 1. The van der Waals surface area contributed by atoms with Crippen molar-refractivity contribution in [3.8, 4) is 0 Å². The van der Waals surface area contributed by atoms with Crippen molar-refractivity contribution in [2.24, 2.45) is 5.92 Å². The lowest BCUT2D eigenvalue weighted by Gasteiger charge is -2.37. The number of nitrogens with one attached hydrogen (secondary N) is 2. The summed E-state index contributed by atoms with van der Waals surface area (Å²) >= 11 is 0. The Morgan fingerprint density at radius 1 is 1.30 bits per heavy atom. The van der Waals surface area contributed by atoms with Gasteiger partial charge in [-0.1, -0.05) is 13.8 Å². The number of ether oxygens (including phenoxy) is 1. The van der Waals surface area contributed by atoms with Crippen molar-refractivity contribution in [2.75, 3.05) is 26.2 Å². The zero-order valence-corrected chi connectivity index (χ0v) is 15.2. The lowest BCUT2D eigenvalue weighted by Crippen LogP contribution is -2.55. The third kappa shape index (κ3) is 5.70. The number of nitrogens with zero attached hydrogens (tertiary/aromatic N) is 2. The minimum absolute atomic E-state index is 0.206. The fraction of sp³-hybridized carbons (Fsp3) is 0.824. The van der Waals surface area contributed by atoms with E-state index in [9.17, 15) is 4.79 Å². The molecule has 0 aromatic carbocycles. The minimum atomic E-state index is -0.431. The Balaban J connectivity index is 1.77. The van der Waals surface area contributed by atoms with E-state index in [0.717, 1.165) is 19.5 Å². The van der Waals surface area contributed by atoms with E-state index < -0.39 is 5.60 Å². The summed E-state index contributed by atoms with van der Waals surface area (Å²) in [4.78, 5) is 16.2. The molecule has 2 rings (SSSR count). The maximum absolute atomic E-state index is 12.1. The molecule has 2 aliphatic rings. The molecular formula is C17H32N4O2. The van der Waals surface area contributed by atoms with E-state index in [1.54, 1.807) is 4.90 Å². The van der Waals surface area contributed by atoms with Crippen molar-refractivity contribution in [1.29, 1.82) is 0 Å². The van der Waals surface area contributed by atoms with Crippen molar-refractivity contribution in [2.45, 2.75) is 59.2 Å². The molecule has 0 aliphatic carbocycles. The normalized spacial score (nSPS) is 23.0. The molecule has 1 unspecified atom stereocenters. The summed E-state index contributed by atoms with van der Waals surface area (Å²) in [7, 11) is 0. The van der Waals surface area contributed by atoms with E-state index >= 15 is 0 Å². The van der Waals surface area contributed by atoms with Gasteiger partial charge in [0.05, 0.1) is 6.17 Å². The molecule has 0 aromatic rings. The maximum atomic E-state index is 12.1. The van der Waals surface area contributed by atoms with Crippen LogP contribution in [0.5, 0.6) is 0 Å². The fourth-order valence-corrected chi connectivity index (χ4v) is 2.74. The predicted molar refractivity (Wildman–Crippen MR) is 91.6 cm³/mol. The van der Waals surface area contributed by atoms with Crippen molar-refractivity contribution in [1.82, 2.24) is 20.7 Å². The molecule has 132 valence electrons. The van der Waals surface area contributed by atoms with Gasteiger partial charge in [-0.15, -0.1) is 0 Å². The van der Waals surface area contributed by atoms with Crippen LogP contribution in [0.25, 0.3) is 0 Å². The highest BCUT2D eigenvalue weighted by Crippen LogP contribution is 2.17. The molecule has 1 saturated heterocycles.